The van der Waals surface area contributed by atoms with Crippen LogP contribution in [-0.2, 0) is 0 Å². The highest BCUT2D eigenvalue weighted by molar-refractivity contribution is 5.29. The molecule has 150 valence electrons. The van der Waals surface area contributed by atoms with Crippen LogP contribution in [-0.4, -0.2) is 13.3 Å². The maximum absolute atomic E-state index is 12.2. The molecule has 2 heteroatoms. The Balaban J connectivity index is 1.40. The zero-order valence-electron chi connectivity index (χ0n) is 17.0. The lowest BCUT2D eigenvalue weighted by Crippen LogP contribution is -2.25. The van der Waals surface area contributed by atoms with Crippen LogP contribution in [0.5, 0.6) is 5.75 Å². The van der Waals surface area contributed by atoms with E-state index in [-0.39, 0.29) is 6.67 Å². The third kappa shape index (κ3) is 6.09. The Morgan fingerprint density at radius 2 is 1.56 bits per heavy atom. The average Bonchev–Trinajstić information content (AvgIpc) is 2.73. The molecule has 0 atom stereocenters. The van der Waals surface area contributed by atoms with Crippen LogP contribution in [0.4, 0.5) is 4.39 Å². The van der Waals surface area contributed by atoms with Crippen LogP contribution >= 0.6 is 0 Å². The van der Waals surface area contributed by atoms with E-state index in [1.165, 1.54) is 56.9 Å². The van der Waals surface area contributed by atoms with Crippen molar-refractivity contribution in [2.24, 2.45) is 17.8 Å². The van der Waals surface area contributed by atoms with Crippen LogP contribution in [0.3, 0.4) is 0 Å². The van der Waals surface area contributed by atoms with Gasteiger partial charge in [-0.1, -0.05) is 24.3 Å². The van der Waals surface area contributed by atoms with Gasteiger partial charge in [-0.3, -0.25) is 4.39 Å². The average molecular weight is 373 g/mol. The molecule has 0 spiro atoms. The monoisotopic (exact) mass is 372 g/mol. The summed E-state index contributed by atoms with van der Waals surface area (Å²) in [6, 6.07) is 8.81. The van der Waals surface area contributed by atoms with Crippen LogP contribution in [0.15, 0.2) is 36.4 Å². The number of ether oxygens (including phenoxy) is 1. The van der Waals surface area contributed by atoms with Crippen molar-refractivity contribution in [3.63, 3.8) is 0 Å². The van der Waals surface area contributed by atoms with Crippen molar-refractivity contribution in [3.8, 4) is 5.75 Å². The molecule has 0 N–H and O–H groups in total. The minimum Gasteiger partial charge on any atom is -0.494 e. The van der Waals surface area contributed by atoms with Gasteiger partial charge in [-0.05, 0) is 112 Å². The molecule has 2 aliphatic rings. The van der Waals surface area contributed by atoms with E-state index in [2.05, 4.69) is 36.4 Å². The lowest BCUT2D eigenvalue weighted by Gasteiger charge is -2.37. The van der Waals surface area contributed by atoms with E-state index < -0.39 is 0 Å². The SMILES string of the molecule is CCOc1ccc(C2CCC(C3CCC(/C=C/CCCF)CC3)CC2)cc1. The first-order chi connectivity index (χ1) is 13.3. The smallest absolute Gasteiger partial charge is 0.119 e. The van der Waals surface area contributed by atoms with Crippen LogP contribution in [0, 0.1) is 17.8 Å². The minimum atomic E-state index is -0.184. The van der Waals surface area contributed by atoms with E-state index in [0.29, 0.717) is 6.42 Å². The molecule has 2 saturated carbocycles. The van der Waals surface area contributed by atoms with Crippen LogP contribution in [0.25, 0.3) is 0 Å². The molecule has 0 aliphatic heterocycles. The summed E-state index contributed by atoms with van der Waals surface area (Å²) >= 11 is 0. The summed E-state index contributed by atoms with van der Waals surface area (Å²) in [5.41, 5.74) is 1.50. The topological polar surface area (TPSA) is 9.23 Å². The maximum Gasteiger partial charge on any atom is 0.119 e. The molecule has 0 aromatic heterocycles. The van der Waals surface area contributed by atoms with E-state index in [0.717, 1.165) is 42.4 Å². The first-order valence-electron chi connectivity index (χ1n) is 11.3. The Kier molecular flexibility index (Phi) is 8.23. The maximum atomic E-state index is 12.2. The standard InChI is InChI=1S/C25H37FO/c1-2-27-25-17-15-24(16-18-25)23-13-11-22(12-14-23)21-9-7-20(8-10-21)6-4-3-5-19-26/h4,6,15-18,20-23H,2-3,5,7-14,19H2,1H3/b6-4+. The fourth-order valence-corrected chi connectivity index (χ4v) is 5.22. The molecule has 0 saturated heterocycles. The third-order valence-electron chi connectivity index (χ3n) is 6.83. The zero-order valence-corrected chi connectivity index (χ0v) is 17.0. The van der Waals surface area contributed by atoms with Crippen LogP contribution in [0.1, 0.15) is 82.6 Å². The molecule has 2 fully saturated rings. The van der Waals surface area contributed by atoms with Gasteiger partial charge in [-0.15, -0.1) is 0 Å². The molecule has 1 aromatic rings. The minimum absolute atomic E-state index is 0.184. The van der Waals surface area contributed by atoms with Gasteiger partial charge in [0.15, 0.2) is 0 Å². The largest absolute Gasteiger partial charge is 0.494 e. The number of benzene rings is 1. The molecule has 0 bridgehead atoms. The second-order valence-corrected chi connectivity index (χ2v) is 8.55. The van der Waals surface area contributed by atoms with E-state index in [4.69, 9.17) is 4.74 Å². The van der Waals surface area contributed by atoms with Crippen molar-refractivity contribution in [3.05, 3.63) is 42.0 Å². The van der Waals surface area contributed by atoms with Crippen LogP contribution < -0.4 is 4.74 Å². The first kappa shape index (κ1) is 20.4. The Labute approximate surface area is 165 Å². The van der Waals surface area contributed by atoms with Gasteiger partial charge >= 0.3 is 0 Å². The van der Waals surface area contributed by atoms with Gasteiger partial charge < -0.3 is 4.74 Å². The molecule has 0 heterocycles. The van der Waals surface area contributed by atoms with E-state index in [9.17, 15) is 4.39 Å². The summed E-state index contributed by atoms with van der Waals surface area (Å²) in [7, 11) is 0. The van der Waals surface area contributed by atoms with Gasteiger partial charge in [0.2, 0.25) is 0 Å². The molecule has 1 nitrogen and oxygen atoms in total. The summed E-state index contributed by atoms with van der Waals surface area (Å²) in [6.07, 6.45) is 17.2. The molecule has 27 heavy (non-hydrogen) atoms. The van der Waals surface area contributed by atoms with Crippen LogP contribution in [0.2, 0.25) is 0 Å². The Morgan fingerprint density at radius 1 is 0.926 bits per heavy atom. The molecular weight excluding hydrogens is 335 g/mol. The van der Waals surface area contributed by atoms with Gasteiger partial charge in [0.25, 0.3) is 0 Å². The van der Waals surface area contributed by atoms with Crippen molar-refractivity contribution in [2.75, 3.05) is 13.3 Å². The lowest BCUT2D eigenvalue weighted by molar-refractivity contribution is 0.171. The zero-order chi connectivity index (χ0) is 18.9. The fraction of sp³-hybridized carbons (Fsp3) is 0.680. The van der Waals surface area contributed by atoms with Crippen molar-refractivity contribution in [1.29, 1.82) is 0 Å². The van der Waals surface area contributed by atoms with E-state index in [1.54, 1.807) is 0 Å². The Bertz CT molecular complexity index is 548. The van der Waals surface area contributed by atoms with Crippen molar-refractivity contribution >= 4 is 0 Å². The number of halogens is 1. The third-order valence-corrected chi connectivity index (χ3v) is 6.83. The molecule has 0 unspecified atom stereocenters. The van der Waals surface area contributed by atoms with Crippen molar-refractivity contribution < 1.29 is 9.13 Å². The number of hydrogen-bond donors (Lipinski definition) is 0. The molecule has 2 aliphatic carbocycles. The summed E-state index contributed by atoms with van der Waals surface area (Å²) in [4.78, 5) is 0. The summed E-state index contributed by atoms with van der Waals surface area (Å²) in [5.74, 6) is 4.38. The number of allylic oxidation sites excluding steroid dienone is 2. The Hall–Kier alpha value is -1.31. The highest BCUT2D eigenvalue weighted by Crippen LogP contribution is 2.44. The lowest BCUT2D eigenvalue weighted by atomic mass is 9.68. The Morgan fingerprint density at radius 3 is 2.15 bits per heavy atom. The van der Waals surface area contributed by atoms with E-state index >= 15 is 0 Å². The van der Waals surface area contributed by atoms with Gasteiger partial charge in [0, 0.05) is 0 Å². The van der Waals surface area contributed by atoms with Crippen molar-refractivity contribution in [2.45, 2.75) is 77.0 Å². The highest BCUT2D eigenvalue weighted by atomic mass is 19.1. The fourth-order valence-electron chi connectivity index (χ4n) is 5.22. The second kappa shape index (κ2) is 10.9. The molecule has 0 radical (unpaired) electrons. The summed E-state index contributed by atoms with van der Waals surface area (Å²) in [5, 5.41) is 0. The normalized spacial score (nSPS) is 29.1. The first-order valence-corrected chi connectivity index (χ1v) is 11.3. The summed E-state index contributed by atoms with van der Waals surface area (Å²) in [6.45, 7) is 2.59. The molecule has 0 amide bonds. The number of alkyl halides is 1. The number of hydrogen-bond acceptors (Lipinski definition) is 1. The van der Waals surface area contributed by atoms with Gasteiger partial charge in [0.05, 0.1) is 13.3 Å². The second-order valence-electron chi connectivity index (χ2n) is 8.55. The summed E-state index contributed by atoms with van der Waals surface area (Å²) < 4.78 is 17.7. The van der Waals surface area contributed by atoms with Gasteiger partial charge in [-0.2, -0.15) is 0 Å². The van der Waals surface area contributed by atoms with Gasteiger partial charge in [0.1, 0.15) is 5.75 Å². The molecule has 3 rings (SSSR count). The number of unbranched alkanes of at least 4 members (excludes halogenated alkanes) is 1. The van der Waals surface area contributed by atoms with Gasteiger partial charge in [-0.25, -0.2) is 0 Å². The highest BCUT2D eigenvalue weighted by Gasteiger charge is 2.30. The van der Waals surface area contributed by atoms with E-state index in [1.807, 2.05) is 6.92 Å². The van der Waals surface area contributed by atoms with Crippen molar-refractivity contribution in [1.82, 2.24) is 0 Å². The molecule has 1 aromatic carbocycles. The quantitative estimate of drug-likeness (QED) is 0.340. The predicted octanol–water partition coefficient (Wildman–Crippen LogP) is 7.47. The predicted molar refractivity (Wildman–Crippen MR) is 112 cm³/mol. The number of rotatable bonds is 8. The molecular formula is C25H37FO.